The molecule has 0 aliphatic heterocycles. The first kappa shape index (κ1) is 15.9. The molecule has 2 rings (SSSR count). The predicted molar refractivity (Wildman–Crippen MR) is 90.5 cm³/mol. The molecule has 0 spiro atoms. The maximum atomic E-state index is 12.4. The SMILES string of the molecule is CC[C@H](C)c1ccccc1NC(=O)c1ccc(OC)c(N)c1. The van der Waals surface area contributed by atoms with Crippen LogP contribution in [0, 0.1) is 0 Å². The van der Waals surface area contributed by atoms with Gasteiger partial charge in [-0.1, -0.05) is 32.0 Å². The fraction of sp³-hybridized carbons (Fsp3) is 0.278. The Morgan fingerprint density at radius 2 is 2.00 bits per heavy atom. The molecule has 0 heterocycles. The van der Waals surface area contributed by atoms with Gasteiger partial charge in [0.1, 0.15) is 5.75 Å². The van der Waals surface area contributed by atoms with Crippen molar-refractivity contribution in [2.24, 2.45) is 0 Å². The topological polar surface area (TPSA) is 64.3 Å². The normalized spacial score (nSPS) is 11.8. The molecule has 0 saturated heterocycles. The number of hydrogen-bond donors (Lipinski definition) is 2. The molecule has 0 unspecified atom stereocenters. The van der Waals surface area contributed by atoms with Crippen LogP contribution in [0.25, 0.3) is 0 Å². The van der Waals surface area contributed by atoms with E-state index in [1.165, 1.54) is 0 Å². The number of methoxy groups -OCH3 is 1. The monoisotopic (exact) mass is 298 g/mol. The minimum Gasteiger partial charge on any atom is -0.495 e. The standard InChI is InChI=1S/C18H22N2O2/c1-4-12(2)14-7-5-6-8-16(14)20-18(21)13-9-10-17(22-3)15(19)11-13/h5-12H,4,19H2,1-3H3,(H,20,21)/t12-/m0/s1. The van der Waals surface area contributed by atoms with Crippen molar-refractivity contribution in [2.75, 3.05) is 18.2 Å². The maximum Gasteiger partial charge on any atom is 0.255 e. The number of nitrogens with two attached hydrogens (primary N) is 1. The van der Waals surface area contributed by atoms with Gasteiger partial charge in [0.2, 0.25) is 0 Å². The van der Waals surface area contributed by atoms with Crippen molar-refractivity contribution in [1.29, 1.82) is 0 Å². The van der Waals surface area contributed by atoms with Gasteiger partial charge in [-0.15, -0.1) is 0 Å². The Hall–Kier alpha value is -2.49. The summed E-state index contributed by atoms with van der Waals surface area (Å²) >= 11 is 0. The number of para-hydroxylation sites is 1. The first-order valence-corrected chi connectivity index (χ1v) is 7.40. The number of rotatable bonds is 5. The maximum absolute atomic E-state index is 12.4. The Kier molecular flexibility index (Phi) is 5.04. The zero-order valence-corrected chi connectivity index (χ0v) is 13.2. The lowest BCUT2D eigenvalue weighted by molar-refractivity contribution is 0.102. The smallest absolute Gasteiger partial charge is 0.255 e. The van der Waals surface area contributed by atoms with Crippen LogP contribution in [0.5, 0.6) is 5.75 Å². The summed E-state index contributed by atoms with van der Waals surface area (Å²) in [6.07, 6.45) is 1.02. The van der Waals surface area contributed by atoms with Gasteiger partial charge >= 0.3 is 0 Å². The highest BCUT2D eigenvalue weighted by Crippen LogP contribution is 2.27. The number of benzene rings is 2. The lowest BCUT2D eigenvalue weighted by atomic mass is 9.97. The molecule has 4 heteroatoms. The van der Waals surface area contributed by atoms with Gasteiger partial charge in [-0.25, -0.2) is 0 Å². The molecule has 0 radical (unpaired) electrons. The molecule has 4 nitrogen and oxygen atoms in total. The molecule has 0 fully saturated rings. The number of ether oxygens (including phenoxy) is 1. The van der Waals surface area contributed by atoms with Gasteiger partial charge in [-0.3, -0.25) is 4.79 Å². The highest BCUT2D eigenvalue weighted by atomic mass is 16.5. The summed E-state index contributed by atoms with van der Waals surface area (Å²) in [4.78, 5) is 12.4. The molecular formula is C18H22N2O2. The van der Waals surface area contributed by atoms with E-state index in [-0.39, 0.29) is 5.91 Å². The van der Waals surface area contributed by atoms with Gasteiger partial charge in [-0.05, 0) is 42.2 Å². The number of nitrogens with one attached hydrogen (secondary N) is 1. The van der Waals surface area contributed by atoms with E-state index in [0.717, 1.165) is 17.7 Å². The van der Waals surface area contributed by atoms with Gasteiger partial charge in [0.25, 0.3) is 5.91 Å². The van der Waals surface area contributed by atoms with Crippen molar-refractivity contribution in [2.45, 2.75) is 26.2 Å². The molecule has 116 valence electrons. The van der Waals surface area contributed by atoms with E-state index in [1.807, 2.05) is 24.3 Å². The molecule has 22 heavy (non-hydrogen) atoms. The number of hydrogen-bond acceptors (Lipinski definition) is 3. The van der Waals surface area contributed by atoms with E-state index < -0.39 is 0 Å². The van der Waals surface area contributed by atoms with Crippen LogP contribution in [0.15, 0.2) is 42.5 Å². The molecule has 0 bridgehead atoms. The van der Waals surface area contributed by atoms with Crippen molar-refractivity contribution in [3.63, 3.8) is 0 Å². The van der Waals surface area contributed by atoms with Gasteiger partial charge < -0.3 is 15.8 Å². The van der Waals surface area contributed by atoms with Crippen LogP contribution in [0.2, 0.25) is 0 Å². The van der Waals surface area contributed by atoms with E-state index >= 15 is 0 Å². The van der Waals surface area contributed by atoms with Crippen LogP contribution >= 0.6 is 0 Å². The fourth-order valence-corrected chi connectivity index (χ4v) is 2.33. The lowest BCUT2D eigenvalue weighted by Gasteiger charge is -2.16. The largest absolute Gasteiger partial charge is 0.495 e. The van der Waals surface area contributed by atoms with Crippen molar-refractivity contribution < 1.29 is 9.53 Å². The summed E-state index contributed by atoms with van der Waals surface area (Å²) in [5.74, 6) is 0.777. The molecule has 3 N–H and O–H groups in total. The van der Waals surface area contributed by atoms with E-state index in [9.17, 15) is 4.79 Å². The average Bonchev–Trinajstić information content (AvgIpc) is 2.54. The van der Waals surface area contributed by atoms with E-state index in [1.54, 1.807) is 25.3 Å². The Bertz CT molecular complexity index is 668. The molecule has 0 saturated carbocycles. The molecule has 1 amide bonds. The van der Waals surface area contributed by atoms with E-state index in [4.69, 9.17) is 10.5 Å². The first-order valence-electron chi connectivity index (χ1n) is 7.40. The van der Waals surface area contributed by atoms with Crippen molar-refractivity contribution >= 4 is 17.3 Å². The summed E-state index contributed by atoms with van der Waals surface area (Å²) in [5, 5.41) is 2.97. The summed E-state index contributed by atoms with van der Waals surface area (Å²) in [5.41, 5.74) is 8.80. The Labute approximate surface area is 131 Å². The zero-order chi connectivity index (χ0) is 16.1. The van der Waals surface area contributed by atoms with E-state index in [2.05, 4.69) is 19.2 Å². The molecule has 1 atom stereocenters. The second-order valence-corrected chi connectivity index (χ2v) is 5.31. The number of carbonyl (C=O) groups excluding carboxylic acids is 1. The third-order valence-electron chi connectivity index (χ3n) is 3.84. The van der Waals surface area contributed by atoms with Crippen molar-refractivity contribution in [3.05, 3.63) is 53.6 Å². The molecule has 0 aliphatic carbocycles. The van der Waals surface area contributed by atoms with Crippen LogP contribution in [0.1, 0.15) is 42.1 Å². The Morgan fingerprint density at radius 1 is 1.27 bits per heavy atom. The second-order valence-electron chi connectivity index (χ2n) is 5.31. The predicted octanol–water partition coefficient (Wildman–Crippen LogP) is 4.04. The number of carbonyl (C=O) groups is 1. The third-order valence-corrected chi connectivity index (χ3v) is 3.84. The number of anilines is 2. The van der Waals surface area contributed by atoms with Crippen LogP contribution in [0.4, 0.5) is 11.4 Å². The quantitative estimate of drug-likeness (QED) is 0.819. The van der Waals surface area contributed by atoms with Gasteiger partial charge in [0, 0.05) is 11.3 Å². The van der Waals surface area contributed by atoms with Crippen molar-refractivity contribution in [3.8, 4) is 5.75 Å². The third kappa shape index (κ3) is 3.39. The summed E-state index contributed by atoms with van der Waals surface area (Å²) in [6.45, 7) is 4.28. The van der Waals surface area contributed by atoms with Gasteiger partial charge in [0.05, 0.1) is 12.8 Å². The fourth-order valence-electron chi connectivity index (χ4n) is 2.33. The van der Waals surface area contributed by atoms with Crippen molar-refractivity contribution in [1.82, 2.24) is 0 Å². The lowest BCUT2D eigenvalue weighted by Crippen LogP contribution is -2.14. The minimum absolute atomic E-state index is 0.176. The van der Waals surface area contributed by atoms with Crippen LogP contribution < -0.4 is 15.8 Å². The van der Waals surface area contributed by atoms with Gasteiger partial charge in [0.15, 0.2) is 0 Å². The Morgan fingerprint density at radius 3 is 2.64 bits per heavy atom. The highest BCUT2D eigenvalue weighted by Gasteiger charge is 2.13. The Balaban J connectivity index is 2.24. The molecular weight excluding hydrogens is 276 g/mol. The summed E-state index contributed by atoms with van der Waals surface area (Å²) in [6, 6.07) is 12.9. The number of amides is 1. The van der Waals surface area contributed by atoms with E-state index in [0.29, 0.717) is 22.9 Å². The van der Waals surface area contributed by atoms with Crippen LogP contribution in [-0.4, -0.2) is 13.0 Å². The minimum atomic E-state index is -0.176. The number of nitrogen functional groups attached to an aromatic ring is 1. The van der Waals surface area contributed by atoms with Crippen LogP contribution in [-0.2, 0) is 0 Å². The first-order chi connectivity index (χ1) is 10.6. The zero-order valence-electron chi connectivity index (χ0n) is 13.2. The molecule has 2 aromatic carbocycles. The highest BCUT2D eigenvalue weighted by molar-refractivity contribution is 6.05. The molecule has 0 aromatic heterocycles. The molecule has 2 aromatic rings. The average molecular weight is 298 g/mol. The second kappa shape index (κ2) is 6.98. The summed E-state index contributed by atoms with van der Waals surface area (Å²) < 4.78 is 5.11. The molecule has 0 aliphatic rings. The van der Waals surface area contributed by atoms with Crippen LogP contribution in [0.3, 0.4) is 0 Å². The van der Waals surface area contributed by atoms with Gasteiger partial charge in [-0.2, -0.15) is 0 Å². The summed E-state index contributed by atoms with van der Waals surface area (Å²) in [7, 11) is 1.55.